The average molecular weight is 390 g/mol. The van der Waals surface area contributed by atoms with E-state index in [2.05, 4.69) is 0 Å². The van der Waals surface area contributed by atoms with E-state index in [1.165, 1.54) is 0 Å². The van der Waals surface area contributed by atoms with Crippen LogP contribution < -0.4 is 31.9 Å². The summed E-state index contributed by atoms with van der Waals surface area (Å²) in [6.45, 7) is 2.03. The predicted octanol–water partition coefficient (Wildman–Crippen LogP) is -0.716. The Morgan fingerprint density at radius 1 is 1.25 bits per heavy atom. The van der Waals surface area contributed by atoms with Crippen LogP contribution in [0.1, 0.15) is 15.9 Å². The zero-order valence-corrected chi connectivity index (χ0v) is 14.9. The molecule has 0 radical (unpaired) electrons. The van der Waals surface area contributed by atoms with Gasteiger partial charge < -0.3 is 26.1 Å². The van der Waals surface area contributed by atoms with Crippen molar-refractivity contribution in [1.29, 1.82) is 0 Å². The van der Waals surface area contributed by atoms with E-state index >= 15 is 0 Å². The fourth-order valence-electron chi connectivity index (χ4n) is 2.43. The van der Waals surface area contributed by atoms with Crippen LogP contribution in [0.25, 0.3) is 11.0 Å². The molecule has 2 heterocycles. The third-order valence-corrected chi connectivity index (χ3v) is 3.57. The molecule has 2 aromatic heterocycles. The van der Waals surface area contributed by atoms with Gasteiger partial charge in [0.15, 0.2) is 12.4 Å². The largest absolute Gasteiger partial charge is 1.00 e. The van der Waals surface area contributed by atoms with E-state index in [1.807, 2.05) is 25.3 Å². The summed E-state index contributed by atoms with van der Waals surface area (Å²) in [5.41, 5.74) is 0.881. The van der Waals surface area contributed by atoms with Gasteiger partial charge in [-0.3, -0.25) is 4.79 Å². The summed E-state index contributed by atoms with van der Waals surface area (Å²) in [6, 6.07) is 10.4. The number of carbonyl (C=O) groups excluding carboxylic acids is 1. The SMILES string of the molecule is COc1ccc2oc(=O)c(C(=O)C[n+]3cccc(C)c3)cc2c1.[Br-]. The molecule has 1 aromatic carbocycles. The summed E-state index contributed by atoms with van der Waals surface area (Å²) in [7, 11) is 1.56. The molecular formula is C18H16BrNO4. The third kappa shape index (κ3) is 3.71. The fraction of sp³-hybridized carbons (Fsp3) is 0.167. The molecule has 0 spiro atoms. The Morgan fingerprint density at radius 2 is 2.04 bits per heavy atom. The highest BCUT2D eigenvalue weighted by atomic mass is 79.9. The number of hydrogen-bond acceptors (Lipinski definition) is 4. The van der Waals surface area contributed by atoms with Crippen LogP contribution in [0.2, 0.25) is 0 Å². The lowest BCUT2D eigenvalue weighted by molar-refractivity contribution is -0.683. The van der Waals surface area contributed by atoms with Crippen LogP contribution in [0, 0.1) is 6.92 Å². The fourth-order valence-corrected chi connectivity index (χ4v) is 2.43. The zero-order valence-electron chi connectivity index (χ0n) is 13.3. The van der Waals surface area contributed by atoms with Crippen LogP contribution >= 0.6 is 0 Å². The topological polar surface area (TPSA) is 60.4 Å². The van der Waals surface area contributed by atoms with E-state index in [1.54, 1.807) is 42.1 Å². The average Bonchev–Trinajstić information content (AvgIpc) is 2.53. The summed E-state index contributed by atoms with van der Waals surface area (Å²) >= 11 is 0. The summed E-state index contributed by atoms with van der Waals surface area (Å²) < 4.78 is 12.1. The summed E-state index contributed by atoms with van der Waals surface area (Å²) in [5, 5.41) is 0.654. The summed E-state index contributed by atoms with van der Waals surface area (Å²) in [6.07, 6.45) is 3.64. The lowest BCUT2D eigenvalue weighted by Gasteiger charge is -2.03. The number of hydrogen-bond donors (Lipinski definition) is 0. The van der Waals surface area contributed by atoms with E-state index in [0.29, 0.717) is 16.7 Å². The van der Waals surface area contributed by atoms with E-state index < -0.39 is 5.63 Å². The standard InChI is InChI=1S/C18H16NO4.BrH/c1-12-4-3-7-19(10-12)11-16(20)15-9-13-8-14(22-2)5-6-17(13)23-18(15)21;/h3-10H,11H2,1-2H3;1H/q+1;/p-1. The molecular weight excluding hydrogens is 374 g/mol. The molecule has 0 saturated carbocycles. The van der Waals surface area contributed by atoms with Crippen molar-refractivity contribution in [3.63, 3.8) is 0 Å². The minimum absolute atomic E-state index is 0. The quantitative estimate of drug-likeness (QED) is 0.336. The molecule has 0 aliphatic rings. The van der Waals surface area contributed by atoms with E-state index in [-0.39, 0.29) is 34.9 Å². The van der Waals surface area contributed by atoms with E-state index in [9.17, 15) is 9.59 Å². The number of benzene rings is 1. The highest BCUT2D eigenvalue weighted by molar-refractivity contribution is 5.97. The minimum Gasteiger partial charge on any atom is -1.00 e. The number of Topliss-reactive ketones (excluding diaryl/α,β-unsaturated/α-hetero) is 1. The maximum absolute atomic E-state index is 12.4. The van der Waals surface area contributed by atoms with Crippen LogP contribution in [0.4, 0.5) is 0 Å². The van der Waals surface area contributed by atoms with Crippen molar-refractivity contribution < 1.29 is 35.5 Å². The number of fused-ring (bicyclic) bond motifs is 1. The van der Waals surface area contributed by atoms with E-state index in [4.69, 9.17) is 9.15 Å². The van der Waals surface area contributed by atoms with Crippen molar-refractivity contribution in [3.8, 4) is 5.75 Å². The third-order valence-electron chi connectivity index (χ3n) is 3.57. The number of rotatable bonds is 4. The number of ether oxygens (including phenoxy) is 1. The molecule has 0 atom stereocenters. The molecule has 0 N–H and O–H groups in total. The first-order valence-corrected chi connectivity index (χ1v) is 7.17. The second kappa shape index (κ2) is 7.40. The van der Waals surface area contributed by atoms with Gasteiger partial charge in [-0.05, 0) is 37.3 Å². The lowest BCUT2D eigenvalue weighted by atomic mass is 10.1. The molecule has 0 fully saturated rings. The van der Waals surface area contributed by atoms with Crippen molar-refractivity contribution in [2.24, 2.45) is 0 Å². The van der Waals surface area contributed by atoms with Gasteiger partial charge in [0.2, 0.25) is 12.3 Å². The van der Waals surface area contributed by atoms with Gasteiger partial charge >= 0.3 is 5.63 Å². The molecule has 0 bridgehead atoms. The molecule has 0 aliphatic carbocycles. The maximum Gasteiger partial charge on any atom is 0.347 e. The van der Waals surface area contributed by atoms with Gasteiger partial charge in [0.1, 0.15) is 16.9 Å². The van der Waals surface area contributed by atoms with E-state index in [0.717, 1.165) is 5.56 Å². The van der Waals surface area contributed by atoms with Crippen molar-refractivity contribution in [2.75, 3.05) is 7.11 Å². The minimum atomic E-state index is -0.624. The van der Waals surface area contributed by atoms with Gasteiger partial charge in [0, 0.05) is 17.0 Å². The van der Waals surface area contributed by atoms with Crippen molar-refractivity contribution >= 4 is 16.8 Å². The first-order valence-electron chi connectivity index (χ1n) is 7.17. The second-order valence-corrected chi connectivity index (χ2v) is 5.33. The molecule has 0 amide bonds. The number of aryl methyl sites for hydroxylation is 1. The van der Waals surface area contributed by atoms with Gasteiger partial charge in [-0.2, -0.15) is 4.57 Å². The van der Waals surface area contributed by atoms with Crippen molar-refractivity contribution in [3.05, 3.63) is 70.3 Å². The molecule has 0 aliphatic heterocycles. The monoisotopic (exact) mass is 389 g/mol. The smallest absolute Gasteiger partial charge is 0.347 e. The van der Waals surface area contributed by atoms with Crippen molar-refractivity contribution in [1.82, 2.24) is 0 Å². The number of pyridine rings is 1. The Hall–Kier alpha value is -2.47. The van der Waals surface area contributed by atoms with Gasteiger partial charge in [0.25, 0.3) is 0 Å². The number of methoxy groups -OCH3 is 1. The Balaban J connectivity index is 0.00000208. The summed E-state index contributed by atoms with van der Waals surface area (Å²) in [5.74, 6) is 0.344. The Morgan fingerprint density at radius 3 is 2.75 bits per heavy atom. The van der Waals surface area contributed by atoms with Gasteiger partial charge in [-0.1, -0.05) is 0 Å². The highest BCUT2D eigenvalue weighted by Gasteiger charge is 2.18. The van der Waals surface area contributed by atoms with Crippen LogP contribution in [0.15, 0.2) is 58.0 Å². The Labute approximate surface area is 149 Å². The molecule has 124 valence electrons. The number of halogens is 1. The second-order valence-electron chi connectivity index (χ2n) is 5.33. The number of aromatic nitrogens is 1. The number of nitrogens with zero attached hydrogens (tertiary/aromatic N) is 1. The first kappa shape index (κ1) is 17.9. The maximum atomic E-state index is 12.4. The Kier molecular flexibility index (Phi) is 5.51. The molecule has 3 rings (SSSR count). The van der Waals surface area contributed by atoms with Crippen LogP contribution in [0.5, 0.6) is 5.75 Å². The molecule has 6 heteroatoms. The van der Waals surface area contributed by atoms with Crippen LogP contribution in [-0.2, 0) is 6.54 Å². The van der Waals surface area contributed by atoms with Gasteiger partial charge in [-0.15, -0.1) is 0 Å². The van der Waals surface area contributed by atoms with Crippen molar-refractivity contribution in [2.45, 2.75) is 13.5 Å². The molecule has 0 unspecified atom stereocenters. The molecule has 24 heavy (non-hydrogen) atoms. The zero-order chi connectivity index (χ0) is 16.4. The molecule has 0 saturated heterocycles. The van der Waals surface area contributed by atoms with Gasteiger partial charge in [-0.25, -0.2) is 4.79 Å². The van der Waals surface area contributed by atoms with Gasteiger partial charge in [0.05, 0.1) is 7.11 Å². The molecule has 3 aromatic rings. The number of ketones is 1. The summed E-state index contributed by atoms with van der Waals surface area (Å²) in [4.78, 5) is 24.5. The highest BCUT2D eigenvalue weighted by Crippen LogP contribution is 2.20. The first-order chi connectivity index (χ1) is 11.1. The van der Waals surface area contributed by atoms with Crippen LogP contribution in [0.3, 0.4) is 0 Å². The van der Waals surface area contributed by atoms with Crippen LogP contribution in [-0.4, -0.2) is 12.9 Å². The predicted molar refractivity (Wildman–Crippen MR) is 84.7 cm³/mol. The number of carbonyl (C=O) groups is 1. The Bertz CT molecular complexity index is 949. The normalized spacial score (nSPS) is 10.2. The lowest BCUT2D eigenvalue weighted by Crippen LogP contribution is -3.00. The molecule has 5 nitrogen and oxygen atoms in total.